The summed E-state index contributed by atoms with van der Waals surface area (Å²) < 4.78 is 0. The van der Waals surface area contributed by atoms with E-state index < -0.39 is 0 Å². The van der Waals surface area contributed by atoms with Gasteiger partial charge in [-0.2, -0.15) is 0 Å². The summed E-state index contributed by atoms with van der Waals surface area (Å²) in [6, 6.07) is 7.49. The van der Waals surface area contributed by atoms with Gasteiger partial charge in [0.1, 0.15) is 0 Å². The Labute approximate surface area is 127 Å². The van der Waals surface area contributed by atoms with E-state index in [0.717, 1.165) is 12.0 Å². The molecular weight excluding hydrogens is 270 g/mol. The topological polar surface area (TPSA) is 29.1 Å². The maximum absolute atomic E-state index is 12.1. The van der Waals surface area contributed by atoms with Crippen LogP contribution in [0.1, 0.15) is 62.4 Å². The van der Waals surface area contributed by atoms with Crippen LogP contribution in [0.5, 0.6) is 0 Å². The smallest absolute Gasteiger partial charge is 0.251 e. The predicted octanol–water partition coefficient (Wildman–Crippen LogP) is 4.76. The molecule has 0 atom stereocenters. The molecule has 0 aliphatic heterocycles. The molecule has 3 heteroatoms. The molecule has 1 rings (SSSR count). The van der Waals surface area contributed by atoms with Crippen LogP contribution in [0.4, 0.5) is 0 Å². The van der Waals surface area contributed by atoms with Crippen LogP contribution in [0.25, 0.3) is 0 Å². The summed E-state index contributed by atoms with van der Waals surface area (Å²) in [5.74, 6) is 0.421. The molecule has 20 heavy (non-hydrogen) atoms. The van der Waals surface area contributed by atoms with Gasteiger partial charge in [-0.05, 0) is 29.5 Å². The van der Waals surface area contributed by atoms with Crippen molar-refractivity contribution in [2.24, 2.45) is 5.41 Å². The second-order valence-electron chi connectivity index (χ2n) is 6.14. The van der Waals surface area contributed by atoms with E-state index in [4.69, 9.17) is 11.6 Å². The van der Waals surface area contributed by atoms with Crippen molar-refractivity contribution in [2.45, 2.75) is 52.3 Å². The normalized spacial score (nSPS) is 11.4. The van der Waals surface area contributed by atoms with E-state index >= 15 is 0 Å². The van der Waals surface area contributed by atoms with Gasteiger partial charge in [0.2, 0.25) is 0 Å². The lowest BCUT2D eigenvalue weighted by molar-refractivity contribution is 0.0934. The quantitative estimate of drug-likeness (QED) is 0.543. The number of nitrogens with one attached hydrogen (secondary N) is 1. The highest BCUT2D eigenvalue weighted by Gasteiger charge is 2.18. The lowest BCUT2D eigenvalue weighted by Crippen LogP contribution is -2.34. The molecule has 0 fully saturated rings. The fourth-order valence-electron chi connectivity index (χ4n) is 2.16. The Morgan fingerprint density at radius 1 is 1.30 bits per heavy atom. The Morgan fingerprint density at radius 2 is 2.05 bits per heavy atom. The average molecular weight is 296 g/mol. The summed E-state index contributed by atoms with van der Waals surface area (Å²) in [5.41, 5.74) is 1.81. The van der Waals surface area contributed by atoms with E-state index in [1.807, 2.05) is 24.3 Å². The SMILES string of the molecule is CCCCCC(C)(C)CNC(=O)c1cccc(CCl)c1. The van der Waals surface area contributed by atoms with E-state index in [0.29, 0.717) is 18.0 Å². The molecule has 2 nitrogen and oxygen atoms in total. The van der Waals surface area contributed by atoms with Crippen LogP contribution in [0.2, 0.25) is 0 Å². The molecule has 1 amide bonds. The molecule has 0 aromatic heterocycles. The van der Waals surface area contributed by atoms with Gasteiger partial charge in [0, 0.05) is 18.0 Å². The van der Waals surface area contributed by atoms with Crippen LogP contribution in [0, 0.1) is 5.41 Å². The van der Waals surface area contributed by atoms with Crippen molar-refractivity contribution >= 4 is 17.5 Å². The Hall–Kier alpha value is -1.02. The zero-order chi connectivity index (χ0) is 15.0. The lowest BCUT2D eigenvalue weighted by Gasteiger charge is -2.25. The highest BCUT2D eigenvalue weighted by Crippen LogP contribution is 2.22. The van der Waals surface area contributed by atoms with Gasteiger partial charge in [0.05, 0.1) is 0 Å². The van der Waals surface area contributed by atoms with E-state index in [1.54, 1.807) is 0 Å². The van der Waals surface area contributed by atoms with Gasteiger partial charge in [-0.1, -0.05) is 52.2 Å². The molecule has 0 spiro atoms. The Kier molecular flexibility index (Phi) is 7.08. The van der Waals surface area contributed by atoms with Crippen LogP contribution < -0.4 is 5.32 Å². The molecule has 0 aliphatic carbocycles. The Morgan fingerprint density at radius 3 is 2.70 bits per heavy atom. The van der Waals surface area contributed by atoms with Crippen molar-refractivity contribution in [2.75, 3.05) is 6.54 Å². The van der Waals surface area contributed by atoms with Crippen molar-refractivity contribution in [3.05, 3.63) is 35.4 Å². The third-order valence-electron chi connectivity index (χ3n) is 3.53. The maximum atomic E-state index is 12.1. The fourth-order valence-corrected chi connectivity index (χ4v) is 2.33. The van der Waals surface area contributed by atoms with Crippen molar-refractivity contribution in [3.8, 4) is 0 Å². The molecule has 0 heterocycles. The van der Waals surface area contributed by atoms with Crippen LogP contribution in [-0.4, -0.2) is 12.5 Å². The minimum Gasteiger partial charge on any atom is -0.352 e. The number of benzene rings is 1. The number of rotatable bonds is 8. The third kappa shape index (κ3) is 5.96. The van der Waals surface area contributed by atoms with Gasteiger partial charge < -0.3 is 5.32 Å². The number of hydrogen-bond acceptors (Lipinski definition) is 1. The summed E-state index contributed by atoms with van der Waals surface area (Å²) in [7, 11) is 0. The van der Waals surface area contributed by atoms with E-state index in [-0.39, 0.29) is 11.3 Å². The number of hydrogen-bond donors (Lipinski definition) is 1. The highest BCUT2D eigenvalue weighted by molar-refractivity contribution is 6.17. The second-order valence-corrected chi connectivity index (χ2v) is 6.41. The van der Waals surface area contributed by atoms with Crippen LogP contribution in [0.3, 0.4) is 0 Å². The number of amides is 1. The Bertz CT molecular complexity index is 429. The van der Waals surface area contributed by atoms with Crippen LogP contribution in [-0.2, 0) is 5.88 Å². The molecule has 0 saturated carbocycles. The lowest BCUT2D eigenvalue weighted by atomic mass is 9.87. The number of alkyl halides is 1. The zero-order valence-electron chi connectivity index (χ0n) is 12.8. The molecule has 0 unspecified atom stereocenters. The monoisotopic (exact) mass is 295 g/mol. The minimum atomic E-state index is -0.0134. The van der Waals surface area contributed by atoms with E-state index in [2.05, 4.69) is 26.1 Å². The largest absolute Gasteiger partial charge is 0.352 e. The molecule has 0 aliphatic rings. The number of carbonyl (C=O) groups is 1. The molecule has 0 saturated heterocycles. The fraction of sp³-hybridized carbons (Fsp3) is 0.588. The zero-order valence-corrected chi connectivity index (χ0v) is 13.6. The van der Waals surface area contributed by atoms with Gasteiger partial charge in [-0.15, -0.1) is 11.6 Å². The van der Waals surface area contributed by atoms with Crippen molar-refractivity contribution < 1.29 is 4.79 Å². The standard InChI is InChI=1S/C17H26ClNO/c1-4-5-6-10-17(2,3)13-19-16(20)15-9-7-8-14(11-15)12-18/h7-9,11H,4-6,10,12-13H2,1-3H3,(H,19,20). The van der Waals surface area contributed by atoms with Gasteiger partial charge >= 0.3 is 0 Å². The molecule has 1 aromatic rings. The third-order valence-corrected chi connectivity index (χ3v) is 3.84. The van der Waals surface area contributed by atoms with Gasteiger partial charge in [0.15, 0.2) is 0 Å². The van der Waals surface area contributed by atoms with Crippen LogP contribution in [0.15, 0.2) is 24.3 Å². The molecule has 112 valence electrons. The van der Waals surface area contributed by atoms with Crippen LogP contribution >= 0.6 is 11.6 Å². The first-order chi connectivity index (χ1) is 9.48. The van der Waals surface area contributed by atoms with E-state index in [1.165, 1.54) is 19.3 Å². The molecule has 1 aromatic carbocycles. The first kappa shape index (κ1) is 17.0. The minimum absolute atomic E-state index is 0.0134. The second kappa shape index (κ2) is 8.31. The summed E-state index contributed by atoms with van der Waals surface area (Å²) in [6.07, 6.45) is 4.85. The molecule has 0 radical (unpaired) electrons. The number of unbranched alkanes of at least 4 members (excludes halogenated alkanes) is 2. The van der Waals surface area contributed by atoms with Crippen molar-refractivity contribution in [1.29, 1.82) is 0 Å². The van der Waals surface area contributed by atoms with Gasteiger partial charge in [0.25, 0.3) is 5.91 Å². The first-order valence-electron chi connectivity index (χ1n) is 7.41. The number of carbonyl (C=O) groups excluding carboxylic acids is 1. The molecule has 0 bridgehead atoms. The van der Waals surface area contributed by atoms with Crippen molar-refractivity contribution in [3.63, 3.8) is 0 Å². The predicted molar refractivity (Wildman–Crippen MR) is 86.3 cm³/mol. The summed E-state index contributed by atoms with van der Waals surface area (Å²) in [6.45, 7) is 7.33. The summed E-state index contributed by atoms with van der Waals surface area (Å²) >= 11 is 5.79. The first-order valence-corrected chi connectivity index (χ1v) is 7.95. The van der Waals surface area contributed by atoms with Crippen molar-refractivity contribution in [1.82, 2.24) is 5.32 Å². The van der Waals surface area contributed by atoms with Gasteiger partial charge in [-0.25, -0.2) is 0 Å². The van der Waals surface area contributed by atoms with E-state index in [9.17, 15) is 4.79 Å². The highest BCUT2D eigenvalue weighted by atomic mass is 35.5. The number of halogens is 1. The Balaban J connectivity index is 2.49. The van der Waals surface area contributed by atoms with Gasteiger partial charge in [-0.3, -0.25) is 4.79 Å². The maximum Gasteiger partial charge on any atom is 0.251 e. The summed E-state index contributed by atoms with van der Waals surface area (Å²) in [5, 5.41) is 3.04. The molecule has 1 N–H and O–H groups in total. The summed E-state index contributed by atoms with van der Waals surface area (Å²) in [4.78, 5) is 12.1. The molecular formula is C17H26ClNO. The average Bonchev–Trinajstić information content (AvgIpc) is 2.45.